The molecular formula is C12H25N5S. The summed E-state index contributed by atoms with van der Waals surface area (Å²) in [7, 11) is 4.20. The highest BCUT2D eigenvalue weighted by molar-refractivity contribution is 7.71. The fraction of sp³-hybridized carbons (Fsp3) is 0.833. The minimum absolute atomic E-state index is 0.328. The van der Waals surface area contributed by atoms with E-state index in [0.29, 0.717) is 10.8 Å². The molecule has 1 N–H and O–H groups in total. The monoisotopic (exact) mass is 271 g/mol. The first-order valence-electron chi connectivity index (χ1n) is 6.54. The predicted octanol–water partition coefficient (Wildman–Crippen LogP) is 2.30. The lowest BCUT2D eigenvalue weighted by Crippen LogP contribution is -2.30. The molecule has 0 aromatic carbocycles. The van der Waals surface area contributed by atoms with Crippen LogP contribution >= 0.6 is 12.2 Å². The Morgan fingerprint density at radius 1 is 1.33 bits per heavy atom. The maximum Gasteiger partial charge on any atom is 0.225 e. The molecule has 0 aliphatic heterocycles. The first-order valence-corrected chi connectivity index (χ1v) is 6.94. The minimum atomic E-state index is 0.328. The minimum Gasteiger partial charge on any atom is -0.341 e. The molecule has 0 atom stereocenters. The van der Waals surface area contributed by atoms with Crippen LogP contribution in [0.5, 0.6) is 0 Å². The first kappa shape index (κ1) is 15.2. The van der Waals surface area contributed by atoms with Gasteiger partial charge in [0.25, 0.3) is 0 Å². The second-order valence-electron chi connectivity index (χ2n) is 5.03. The van der Waals surface area contributed by atoms with Gasteiger partial charge < -0.3 is 9.80 Å². The van der Waals surface area contributed by atoms with E-state index in [2.05, 4.69) is 59.4 Å². The average Bonchev–Trinajstić information content (AvgIpc) is 2.66. The Labute approximate surface area is 115 Å². The smallest absolute Gasteiger partial charge is 0.225 e. The van der Waals surface area contributed by atoms with Crippen molar-refractivity contribution in [2.45, 2.75) is 33.2 Å². The third kappa shape index (κ3) is 3.81. The van der Waals surface area contributed by atoms with E-state index in [1.807, 2.05) is 0 Å². The summed E-state index contributed by atoms with van der Waals surface area (Å²) in [5.41, 5.74) is 0. The SMILES string of the molecule is CCN(CCCN(C)C)c1n[nH]c(=S)n1C(C)C. The molecule has 1 aromatic heterocycles. The number of nitrogens with zero attached hydrogens (tertiary/aromatic N) is 4. The second-order valence-corrected chi connectivity index (χ2v) is 5.42. The molecule has 1 rings (SSSR count). The summed E-state index contributed by atoms with van der Waals surface area (Å²) < 4.78 is 2.78. The zero-order chi connectivity index (χ0) is 13.7. The fourth-order valence-electron chi connectivity index (χ4n) is 1.96. The second kappa shape index (κ2) is 6.89. The van der Waals surface area contributed by atoms with Crippen molar-refractivity contribution in [2.75, 3.05) is 38.6 Å². The lowest BCUT2D eigenvalue weighted by Gasteiger charge is -2.24. The Kier molecular flexibility index (Phi) is 5.81. The topological polar surface area (TPSA) is 40.1 Å². The van der Waals surface area contributed by atoms with Crippen LogP contribution in [0.4, 0.5) is 5.95 Å². The fourth-order valence-corrected chi connectivity index (χ4v) is 2.30. The van der Waals surface area contributed by atoms with Crippen LogP contribution in [0, 0.1) is 4.77 Å². The summed E-state index contributed by atoms with van der Waals surface area (Å²) in [6.45, 7) is 9.44. The number of anilines is 1. The van der Waals surface area contributed by atoms with Crippen LogP contribution in [0.2, 0.25) is 0 Å². The predicted molar refractivity (Wildman–Crippen MR) is 78.9 cm³/mol. The highest BCUT2D eigenvalue weighted by Crippen LogP contribution is 2.17. The Hall–Kier alpha value is -0.880. The van der Waals surface area contributed by atoms with E-state index in [-0.39, 0.29) is 0 Å². The van der Waals surface area contributed by atoms with Crippen LogP contribution in [0.3, 0.4) is 0 Å². The van der Waals surface area contributed by atoms with E-state index in [1.54, 1.807) is 0 Å². The molecule has 0 saturated heterocycles. The van der Waals surface area contributed by atoms with Gasteiger partial charge in [-0.1, -0.05) is 0 Å². The lowest BCUT2D eigenvalue weighted by molar-refractivity contribution is 0.399. The van der Waals surface area contributed by atoms with E-state index in [0.717, 1.165) is 32.0 Å². The van der Waals surface area contributed by atoms with E-state index in [4.69, 9.17) is 12.2 Å². The zero-order valence-corrected chi connectivity index (χ0v) is 12.9. The number of nitrogens with one attached hydrogen (secondary N) is 1. The van der Waals surface area contributed by atoms with Crippen molar-refractivity contribution < 1.29 is 0 Å². The normalized spacial score (nSPS) is 11.5. The molecule has 0 fully saturated rings. The van der Waals surface area contributed by atoms with Crippen molar-refractivity contribution >= 4 is 18.2 Å². The van der Waals surface area contributed by atoms with Gasteiger partial charge in [0.2, 0.25) is 5.95 Å². The van der Waals surface area contributed by atoms with Gasteiger partial charge in [-0.05, 0) is 60.1 Å². The van der Waals surface area contributed by atoms with Gasteiger partial charge in [-0.15, -0.1) is 5.10 Å². The van der Waals surface area contributed by atoms with Crippen LogP contribution in [-0.4, -0.2) is 53.4 Å². The molecule has 0 spiro atoms. The van der Waals surface area contributed by atoms with Crippen molar-refractivity contribution in [1.29, 1.82) is 0 Å². The number of aromatic amines is 1. The highest BCUT2D eigenvalue weighted by atomic mass is 32.1. The van der Waals surface area contributed by atoms with E-state index in [1.165, 1.54) is 0 Å². The van der Waals surface area contributed by atoms with Gasteiger partial charge in [0.05, 0.1) is 0 Å². The summed E-state index contributed by atoms with van der Waals surface area (Å²) in [5.74, 6) is 0.955. The van der Waals surface area contributed by atoms with Crippen LogP contribution < -0.4 is 4.90 Å². The van der Waals surface area contributed by atoms with Gasteiger partial charge in [-0.25, -0.2) is 5.10 Å². The molecule has 1 heterocycles. The number of H-pyrrole nitrogens is 1. The molecule has 5 nitrogen and oxygen atoms in total. The summed E-state index contributed by atoms with van der Waals surface area (Å²) in [5, 5.41) is 7.26. The molecule has 0 amide bonds. The van der Waals surface area contributed by atoms with Gasteiger partial charge in [0, 0.05) is 19.1 Å². The Bertz CT molecular complexity index is 407. The third-order valence-electron chi connectivity index (χ3n) is 2.90. The molecule has 18 heavy (non-hydrogen) atoms. The standard InChI is InChI=1S/C12H25N5S/c1-6-16(9-7-8-15(4)5)11-13-14-12(18)17(11)10(2)3/h10H,6-9H2,1-5H3,(H,14,18). The Morgan fingerprint density at radius 2 is 2.00 bits per heavy atom. The van der Waals surface area contributed by atoms with Crippen LogP contribution in [0.1, 0.15) is 33.2 Å². The third-order valence-corrected chi connectivity index (χ3v) is 3.19. The summed E-state index contributed by atoms with van der Waals surface area (Å²) in [6.07, 6.45) is 1.12. The van der Waals surface area contributed by atoms with E-state index < -0.39 is 0 Å². The average molecular weight is 271 g/mol. The van der Waals surface area contributed by atoms with Gasteiger partial charge in [-0.2, -0.15) is 0 Å². The quantitative estimate of drug-likeness (QED) is 0.773. The number of rotatable bonds is 7. The van der Waals surface area contributed by atoms with Crippen molar-refractivity contribution in [3.8, 4) is 0 Å². The van der Waals surface area contributed by atoms with Crippen LogP contribution in [0.25, 0.3) is 0 Å². The molecule has 0 aliphatic carbocycles. The molecular weight excluding hydrogens is 246 g/mol. The summed E-state index contributed by atoms with van der Waals surface area (Å²) in [4.78, 5) is 4.48. The molecule has 0 bridgehead atoms. The van der Waals surface area contributed by atoms with Gasteiger partial charge >= 0.3 is 0 Å². The van der Waals surface area contributed by atoms with E-state index in [9.17, 15) is 0 Å². The molecule has 0 aliphatic rings. The molecule has 0 saturated carbocycles. The molecule has 0 unspecified atom stereocenters. The number of aromatic nitrogens is 3. The van der Waals surface area contributed by atoms with Crippen molar-refractivity contribution in [1.82, 2.24) is 19.7 Å². The lowest BCUT2D eigenvalue weighted by atomic mass is 10.3. The molecule has 1 aromatic rings. The molecule has 104 valence electrons. The molecule has 0 radical (unpaired) electrons. The summed E-state index contributed by atoms with van der Waals surface area (Å²) in [6, 6.07) is 0.328. The number of hydrogen-bond acceptors (Lipinski definition) is 4. The summed E-state index contributed by atoms with van der Waals surface area (Å²) >= 11 is 5.28. The van der Waals surface area contributed by atoms with Gasteiger partial charge in [0.1, 0.15) is 0 Å². The zero-order valence-electron chi connectivity index (χ0n) is 12.1. The first-order chi connectivity index (χ1) is 8.47. The van der Waals surface area contributed by atoms with Crippen LogP contribution in [0.15, 0.2) is 0 Å². The van der Waals surface area contributed by atoms with Gasteiger partial charge in [-0.3, -0.25) is 4.57 Å². The largest absolute Gasteiger partial charge is 0.341 e. The highest BCUT2D eigenvalue weighted by Gasteiger charge is 2.14. The van der Waals surface area contributed by atoms with Crippen molar-refractivity contribution in [3.63, 3.8) is 0 Å². The Morgan fingerprint density at radius 3 is 2.50 bits per heavy atom. The van der Waals surface area contributed by atoms with Crippen molar-refractivity contribution in [2.24, 2.45) is 0 Å². The van der Waals surface area contributed by atoms with Crippen LogP contribution in [-0.2, 0) is 0 Å². The maximum atomic E-state index is 5.28. The van der Waals surface area contributed by atoms with E-state index >= 15 is 0 Å². The number of hydrogen-bond donors (Lipinski definition) is 1. The molecule has 6 heteroatoms. The Balaban J connectivity index is 2.79. The van der Waals surface area contributed by atoms with Crippen molar-refractivity contribution in [3.05, 3.63) is 4.77 Å². The van der Waals surface area contributed by atoms with Gasteiger partial charge in [0.15, 0.2) is 4.77 Å². The maximum absolute atomic E-state index is 5.28.